The molecule has 114 valence electrons. The van der Waals surface area contributed by atoms with Gasteiger partial charge in [0.2, 0.25) is 0 Å². The number of aromatic nitrogens is 2. The van der Waals surface area contributed by atoms with Crippen LogP contribution >= 0.6 is 0 Å². The molecule has 1 saturated heterocycles. The lowest BCUT2D eigenvalue weighted by molar-refractivity contribution is 0.275. The second-order valence-corrected chi connectivity index (χ2v) is 7.59. The molecule has 1 unspecified atom stereocenters. The summed E-state index contributed by atoms with van der Waals surface area (Å²) < 4.78 is 25.4. The molecule has 2 heterocycles. The Hall–Kier alpha value is -1.44. The first-order valence-corrected chi connectivity index (χ1v) is 8.90. The Morgan fingerprint density at radius 1 is 1.38 bits per heavy atom. The van der Waals surface area contributed by atoms with E-state index in [1.165, 1.54) is 0 Å². The van der Waals surface area contributed by atoms with Crippen molar-refractivity contribution >= 4 is 20.9 Å². The van der Waals surface area contributed by atoms with E-state index in [-0.39, 0.29) is 24.2 Å². The van der Waals surface area contributed by atoms with Crippen molar-refractivity contribution in [3.8, 4) is 0 Å². The van der Waals surface area contributed by atoms with Crippen LogP contribution in [-0.2, 0) is 22.8 Å². The lowest BCUT2D eigenvalue weighted by Crippen LogP contribution is -2.46. The number of sulfone groups is 1. The second-order valence-electron chi connectivity index (χ2n) is 5.36. The number of hydrogen-bond donors (Lipinski definition) is 2. The number of benzene rings is 1. The van der Waals surface area contributed by atoms with Crippen LogP contribution < -0.4 is 5.32 Å². The average Bonchev–Trinajstić information content (AvgIpc) is 2.76. The minimum Gasteiger partial charge on any atom is -0.395 e. The fourth-order valence-corrected chi connectivity index (χ4v) is 4.29. The molecule has 1 aliphatic rings. The highest BCUT2D eigenvalue weighted by molar-refractivity contribution is 7.91. The van der Waals surface area contributed by atoms with Crippen LogP contribution in [-0.4, -0.2) is 53.8 Å². The van der Waals surface area contributed by atoms with Crippen LogP contribution in [0.2, 0.25) is 0 Å². The maximum atomic E-state index is 11.7. The zero-order valence-corrected chi connectivity index (χ0v) is 12.5. The van der Waals surface area contributed by atoms with Crippen LogP contribution in [0.3, 0.4) is 0 Å². The van der Waals surface area contributed by atoms with Crippen molar-refractivity contribution in [2.45, 2.75) is 19.0 Å². The van der Waals surface area contributed by atoms with Gasteiger partial charge < -0.3 is 15.0 Å². The van der Waals surface area contributed by atoms with Gasteiger partial charge in [-0.05, 0) is 12.1 Å². The molecule has 7 heteroatoms. The normalized spacial score (nSPS) is 21.7. The van der Waals surface area contributed by atoms with Gasteiger partial charge >= 0.3 is 0 Å². The number of nitrogens with one attached hydrogen (secondary N) is 1. The van der Waals surface area contributed by atoms with E-state index in [1.54, 1.807) is 0 Å². The summed E-state index contributed by atoms with van der Waals surface area (Å²) in [5.74, 6) is 1.17. The van der Waals surface area contributed by atoms with Crippen LogP contribution in [0, 0.1) is 0 Å². The number of imidazole rings is 1. The predicted octanol–water partition coefficient (Wildman–Crippen LogP) is -0.0423. The van der Waals surface area contributed by atoms with Gasteiger partial charge in [-0.25, -0.2) is 13.4 Å². The Morgan fingerprint density at radius 2 is 2.19 bits per heavy atom. The van der Waals surface area contributed by atoms with Crippen molar-refractivity contribution in [1.29, 1.82) is 0 Å². The van der Waals surface area contributed by atoms with Gasteiger partial charge in [0.25, 0.3) is 0 Å². The van der Waals surface area contributed by atoms with Crippen molar-refractivity contribution in [3.63, 3.8) is 0 Å². The van der Waals surface area contributed by atoms with E-state index < -0.39 is 9.84 Å². The number of aliphatic hydroxyl groups is 1. The lowest BCUT2D eigenvalue weighted by Gasteiger charge is -2.23. The van der Waals surface area contributed by atoms with E-state index in [2.05, 4.69) is 10.3 Å². The number of nitrogens with zero attached hydrogens (tertiary/aromatic N) is 2. The first-order chi connectivity index (χ1) is 10.1. The highest BCUT2D eigenvalue weighted by Crippen LogP contribution is 2.18. The molecule has 1 aliphatic heterocycles. The third-order valence-corrected chi connectivity index (χ3v) is 5.52. The fraction of sp³-hybridized carbons (Fsp3) is 0.500. The summed E-state index contributed by atoms with van der Waals surface area (Å²) in [6.45, 7) is 0.992. The van der Waals surface area contributed by atoms with Crippen LogP contribution in [0.15, 0.2) is 24.3 Å². The van der Waals surface area contributed by atoms with Gasteiger partial charge in [-0.1, -0.05) is 12.1 Å². The van der Waals surface area contributed by atoms with Crippen molar-refractivity contribution < 1.29 is 13.5 Å². The molecule has 0 saturated carbocycles. The summed E-state index contributed by atoms with van der Waals surface area (Å²) in [5.41, 5.74) is 1.85. The number of hydrogen-bond acceptors (Lipinski definition) is 5. The number of para-hydroxylation sites is 2. The highest BCUT2D eigenvalue weighted by Gasteiger charge is 2.26. The smallest absolute Gasteiger partial charge is 0.153 e. The van der Waals surface area contributed by atoms with Crippen molar-refractivity contribution in [1.82, 2.24) is 14.9 Å². The summed E-state index contributed by atoms with van der Waals surface area (Å²) >= 11 is 0. The van der Waals surface area contributed by atoms with E-state index in [4.69, 9.17) is 0 Å². The number of rotatable bonds is 4. The summed E-state index contributed by atoms with van der Waals surface area (Å²) in [6, 6.07) is 7.64. The Labute approximate surface area is 123 Å². The van der Waals surface area contributed by atoms with Gasteiger partial charge in [0.15, 0.2) is 9.84 Å². The molecule has 1 aromatic heterocycles. The second kappa shape index (κ2) is 5.75. The van der Waals surface area contributed by atoms with E-state index in [9.17, 15) is 13.5 Å². The third kappa shape index (κ3) is 3.09. The number of fused-ring (bicyclic) bond motifs is 1. The molecule has 3 rings (SSSR count). The lowest BCUT2D eigenvalue weighted by atomic mass is 10.2. The Bertz CT molecular complexity index is 739. The topological polar surface area (TPSA) is 84.2 Å². The minimum atomic E-state index is -2.96. The van der Waals surface area contributed by atoms with Crippen LogP contribution in [0.5, 0.6) is 0 Å². The standard InChI is InChI=1S/C14H19N3O3S/c18-7-6-17-13-4-2-1-3-12(13)16-14(17)9-11-10-21(19,20)8-5-15-11/h1-4,11,15,18H,5-10H2. The quantitative estimate of drug-likeness (QED) is 0.828. The Morgan fingerprint density at radius 3 is 2.95 bits per heavy atom. The van der Waals surface area contributed by atoms with Crippen LogP contribution in [0.1, 0.15) is 5.82 Å². The maximum Gasteiger partial charge on any atom is 0.153 e. The van der Waals surface area contributed by atoms with Crippen LogP contribution in [0.25, 0.3) is 11.0 Å². The third-order valence-electron chi connectivity index (χ3n) is 3.79. The van der Waals surface area contributed by atoms with Crippen molar-refractivity contribution in [2.24, 2.45) is 0 Å². The Kier molecular flexibility index (Phi) is 3.97. The molecule has 0 bridgehead atoms. The van der Waals surface area contributed by atoms with E-state index in [1.807, 2.05) is 28.8 Å². The maximum absolute atomic E-state index is 11.7. The monoisotopic (exact) mass is 309 g/mol. The molecule has 1 fully saturated rings. The van der Waals surface area contributed by atoms with Crippen molar-refractivity contribution in [2.75, 3.05) is 24.7 Å². The van der Waals surface area contributed by atoms with Gasteiger partial charge in [0.05, 0.1) is 29.1 Å². The molecule has 6 nitrogen and oxygen atoms in total. The molecule has 21 heavy (non-hydrogen) atoms. The van der Waals surface area contributed by atoms with E-state index in [0.717, 1.165) is 16.9 Å². The first kappa shape index (κ1) is 14.5. The molecule has 0 spiro atoms. The zero-order valence-electron chi connectivity index (χ0n) is 11.7. The summed E-state index contributed by atoms with van der Waals surface area (Å²) in [4.78, 5) is 4.59. The molecular formula is C14H19N3O3S. The summed E-state index contributed by atoms with van der Waals surface area (Å²) in [5, 5.41) is 12.5. The van der Waals surface area contributed by atoms with Crippen LogP contribution in [0.4, 0.5) is 0 Å². The molecule has 2 aromatic rings. The minimum absolute atomic E-state index is 0.0315. The molecule has 0 aliphatic carbocycles. The molecule has 0 amide bonds. The average molecular weight is 309 g/mol. The highest BCUT2D eigenvalue weighted by atomic mass is 32.2. The zero-order chi connectivity index (χ0) is 14.9. The van der Waals surface area contributed by atoms with Gasteiger partial charge in [-0.3, -0.25) is 0 Å². The summed E-state index contributed by atoms with van der Waals surface area (Å²) in [7, 11) is -2.96. The van der Waals surface area contributed by atoms with Gasteiger partial charge in [-0.15, -0.1) is 0 Å². The summed E-state index contributed by atoms with van der Waals surface area (Å²) in [6.07, 6.45) is 0.550. The van der Waals surface area contributed by atoms with Gasteiger partial charge in [0, 0.05) is 25.6 Å². The van der Waals surface area contributed by atoms with Gasteiger partial charge in [0.1, 0.15) is 5.82 Å². The molecule has 1 atom stereocenters. The molecular weight excluding hydrogens is 290 g/mol. The predicted molar refractivity (Wildman–Crippen MR) is 81.0 cm³/mol. The molecule has 1 aromatic carbocycles. The van der Waals surface area contributed by atoms with E-state index in [0.29, 0.717) is 19.5 Å². The SMILES string of the molecule is O=S1(=O)CCNC(Cc2nc3ccccc3n2CCO)C1. The van der Waals surface area contributed by atoms with E-state index >= 15 is 0 Å². The van der Waals surface area contributed by atoms with Crippen molar-refractivity contribution in [3.05, 3.63) is 30.1 Å². The fourth-order valence-electron chi connectivity index (χ4n) is 2.85. The number of aliphatic hydroxyl groups excluding tert-OH is 1. The van der Waals surface area contributed by atoms with Gasteiger partial charge in [-0.2, -0.15) is 0 Å². The molecule has 0 radical (unpaired) electrons. The largest absolute Gasteiger partial charge is 0.395 e. The Balaban J connectivity index is 1.91. The first-order valence-electron chi connectivity index (χ1n) is 7.08. The molecule has 2 N–H and O–H groups in total.